The number of imide groups is 4. The predicted molar refractivity (Wildman–Crippen MR) is 287 cm³/mol. The van der Waals surface area contributed by atoms with E-state index in [1.807, 2.05) is 77.9 Å². The molecule has 2 fully saturated rings. The summed E-state index contributed by atoms with van der Waals surface area (Å²) in [5.41, 5.74) is 6.10. The maximum atomic E-state index is 15.7. The van der Waals surface area contributed by atoms with Crippen molar-refractivity contribution in [2.24, 2.45) is 0 Å². The lowest BCUT2D eigenvalue weighted by atomic mass is 9.82. The maximum Gasteiger partial charge on any atom is 0.263 e. The molecule has 14 heteroatoms. The van der Waals surface area contributed by atoms with Gasteiger partial charge in [-0.1, -0.05) is 77.9 Å². The Labute approximate surface area is 440 Å². The van der Waals surface area contributed by atoms with E-state index in [-0.39, 0.29) is 81.5 Å². The van der Waals surface area contributed by atoms with Crippen LogP contribution in [0.4, 0.5) is 11.4 Å². The van der Waals surface area contributed by atoms with Crippen LogP contribution in [0.15, 0.2) is 72.8 Å². The predicted octanol–water partition coefficient (Wildman–Crippen LogP) is 10.1. The van der Waals surface area contributed by atoms with Gasteiger partial charge in [0.1, 0.15) is 0 Å². The van der Waals surface area contributed by atoms with Crippen molar-refractivity contribution in [3.8, 4) is 0 Å². The molecule has 0 unspecified atom stereocenters. The number of benzene rings is 6. The molecule has 0 saturated carbocycles. The lowest BCUT2D eigenvalue weighted by Crippen LogP contribution is -2.45. The lowest BCUT2D eigenvalue weighted by molar-refractivity contribution is 0.0574. The summed E-state index contributed by atoms with van der Waals surface area (Å²) in [5.74, 6) is -4.46. The Kier molecular flexibility index (Phi) is 10.5. The molecule has 0 aliphatic carbocycles. The van der Waals surface area contributed by atoms with Crippen LogP contribution in [0.5, 0.6) is 0 Å². The highest BCUT2D eigenvalue weighted by molar-refractivity contribution is 6.37. The lowest BCUT2D eigenvalue weighted by Gasteiger charge is -2.39. The second kappa shape index (κ2) is 16.8. The normalized spacial score (nSPS) is 18.8. The molecule has 8 amide bonds. The van der Waals surface area contributed by atoms with E-state index in [2.05, 4.69) is 9.80 Å². The van der Waals surface area contributed by atoms with E-state index in [9.17, 15) is 19.2 Å². The Morgan fingerprint density at radius 3 is 0.882 bits per heavy atom. The third-order valence-corrected chi connectivity index (χ3v) is 16.9. The van der Waals surface area contributed by atoms with Gasteiger partial charge in [0, 0.05) is 70.0 Å². The molecule has 17 heterocycles. The van der Waals surface area contributed by atoms with Crippen molar-refractivity contribution in [1.82, 2.24) is 19.6 Å². The van der Waals surface area contributed by atoms with Crippen molar-refractivity contribution in [3.63, 3.8) is 0 Å². The van der Waals surface area contributed by atoms with Gasteiger partial charge in [0.25, 0.3) is 47.3 Å². The van der Waals surface area contributed by atoms with Crippen molar-refractivity contribution in [3.05, 3.63) is 151 Å². The molecule has 76 heavy (non-hydrogen) atoms. The van der Waals surface area contributed by atoms with Gasteiger partial charge in [0.15, 0.2) is 0 Å². The third-order valence-electron chi connectivity index (χ3n) is 16.9. The molecule has 6 aromatic carbocycles. The number of carbonyl (C=O) groups excluding carboxylic acids is 8. The van der Waals surface area contributed by atoms with E-state index in [0.717, 1.165) is 49.7 Å². The van der Waals surface area contributed by atoms with Gasteiger partial charge >= 0.3 is 0 Å². The zero-order chi connectivity index (χ0) is 53.0. The zero-order valence-corrected chi connectivity index (χ0v) is 43.8. The van der Waals surface area contributed by atoms with E-state index >= 15 is 19.2 Å². The quantitative estimate of drug-likeness (QED) is 0.153. The summed E-state index contributed by atoms with van der Waals surface area (Å²) in [7, 11) is 0. The minimum atomic E-state index is -0.578. The summed E-state index contributed by atoms with van der Waals surface area (Å²) >= 11 is 0. The minimum Gasteiger partial charge on any atom is -0.371 e. The standard InChI is InChI=1S/C62H58N6O8/c1-61(2,3)37-23-33-21-35(25-37)31-67-57(73)43-27-46(64-19-11-8-12-20-64)52-50-44(28-45(51(49(43)50)59(67)75)63-17-9-7-10-18-63)58(74)68(60(52)76)32-36-22-34(24-38(26-36)62(4,5)6)30-66-55(71)41-15-13-39-47-40(54(70)65(29-33)53(39)69)14-16-42(48(41)47)56(66)72/h13-16,21-28H,7-12,17-20,29-32H2,1-6H3. The first-order valence-corrected chi connectivity index (χ1v) is 26.8. The Morgan fingerprint density at radius 2 is 0.592 bits per heavy atom. The van der Waals surface area contributed by atoms with Crippen LogP contribution in [0.25, 0.3) is 21.5 Å². The number of hydrogen-bond acceptors (Lipinski definition) is 10. The first kappa shape index (κ1) is 47.7. The monoisotopic (exact) mass is 1010 g/mol. The maximum absolute atomic E-state index is 15.7. The summed E-state index contributed by atoms with van der Waals surface area (Å²) < 4.78 is 0. The highest BCUT2D eigenvalue weighted by Crippen LogP contribution is 2.48. The number of amides is 8. The van der Waals surface area contributed by atoms with E-state index in [4.69, 9.17) is 0 Å². The second-order valence-electron chi connectivity index (χ2n) is 23.9. The summed E-state index contributed by atoms with van der Waals surface area (Å²) in [4.78, 5) is 131. The van der Waals surface area contributed by atoms with E-state index in [1.165, 1.54) is 19.6 Å². The Balaban J connectivity index is 1.06. The first-order valence-electron chi connectivity index (χ1n) is 26.8. The van der Waals surface area contributed by atoms with Gasteiger partial charge in [-0.3, -0.25) is 58.0 Å². The van der Waals surface area contributed by atoms with Crippen LogP contribution in [-0.4, -0.2) is 93.0 Å². The summed E-state index contributed by atoms with van der Waals surface area (Å²) in [6, 6.07) is 21.2. The van der Waals surface area contributed by atoms with Gasteiger partial charge in [-0.25, -0.2) is 0 Å². The highest BCUT2D eigenvalue weighted by atomic mass is 16.2. The number of anilines is 2. The van der Waals surface area contributed by atoms with Crippen LogP contribution < -0.4 is 9.80 Å². The number of carbonyl (C=O) groups is 8. The first-order chi connectivity index (χ1) is 36.3. The molecule has 2 saturated heterocycles. The SMILES string of the molecule is CC(C)(C)c1cc2cc(c1)CN1C(=O)c3cc(N4CCCCC4)c4c5c(cc(N6CCCCC6)c(c35)C1=O)C(=O)N(Cc1cc(cc(C(C)(C)C)c1)CN1C(=O)c3ccc5c6c(ccc(c36)C1=O)C(=O)N(C2)C5=O)C4=O. The van der Waals surface area contributed by atoms with Gasteiger partial charge in [0.2, 0.25) is 0 Å². The average molecular weight is 1020 g/mol. The molecule has 23 rings (SSSR count). The second-order valence-corrected chi connectivity index (χ2v) is 23.9. The summed E-state index contributed by atoms with van der Waals surface area (Å²) in [6.45, 7) is 14.2. The van der Waals surface area contributed by atoms with Gasteiger partial charge < -0.3 is 9.80 Å². The van der Waals surface area contributed by atoms with Crippen molar-refractivity contribution in [2.75, 3.05) is 36.0 Å². The van der Waals surface area contributed by atoms with E-state index < -0.39 is 58.1 Å². The summed E-state index contributed by atoms with van der Waals surface area (Å²) in [5, 5.41) is 1.14. The number of rotatable bonds is 2. The van der Waals surface area contributed by atoms with Crippen LogP contribution >= 0.6 is 0 Å². The van der Waals surface area contributed by atoms with Crippen molar-refractivity contribution >= 4 is 80.2 Å². The Bertz CT molecular complexity index is 3420. The van der Waals surface area contributed by atoms with Crippen molar-refractivity contribution < 1.29 is 38.4 Å². The van der Waals surface area contributed by atoms with Gasteiger partial charge in [0.05, 0.1) is 59.8 Å². The highest BCUT2D eigenvalue weighted by Gasteiger charge is 2.46. The van der Waals surface area contributed by atoms with Crippen LogP contribution in [0, 0.1) is 0 Å². The molecule has 0 N–H and O–H groups in total. The molecular weight excluding hydrogens is 957 g/mol. The van der Waals surface area contributed by atoms with Crippen molar-refractivity contribution in [2.45, 2.75) is 117 Å². The molecule has 17 aliphatic heterocycles. The fraction of sp³-hybridized carbons (Fsp3) is 0.355. The molecular formula is C62H58N6O8. The molecule has 0 radical (unpaired) electrons. The molecule has 17 aliphatic rings. The van der Waals surface area contributed by atoms with Gasteiger partial charge in [-0.15, -0.1) is 0 Å². The largest absolute Gasteiger partial charge is 0.371 e. The molecule has 14 nitrogen and oxygen atoms in total. The van der Waals surface area contributed by atoms with Crippen LogP contribution in [-0.2, 0) is 37.0 Å². The minimum absolute atomic E-state index is 0.145. The van der Waals surface area contributed by atoms with Crippen LogP contribution in [0.2, 0.25) is 0 Å². The molecule has 6 aromatic rings. The number of piperidine rings is 2. The summed E-state index contributed by atoms with van der Waals surface area (Å²) in [6.07, 6.45) is 5.46. The molecule has 20 bridgehead atoms. The topological polar surface area (TPSA) is 156 Å². The van der Waals surface area contributed by atoms with Gasteiger partial charge in [-0.05, 0) is 119 Å². The van der Waals surface area contributed by atoms with Crippen LogP contribution in [0.1, 0.15) is 196 Å². The zero-order valence-electron chi connectivity index (χ0n) is 43.8. The third kappa shape index (κ3) is 7.11. The molecule has 0 spiro atoms. The Morgan fingerprint density at radius 1 is 0.316 bits per heavy atom. The van der Waals surface area contributed by atoms with Crippen LogP contribution in [0.3, 0.4) is 0 Å². The number of nitrogens with zero attached hydrogens (tertiary/aromatic N) is 6. The fourth-order valence-electron chi connectivity index (χ4n) is 12.9. The fourth-order valence-corrected chi connectivity index (χ4v) is 12.9. The average Bonchev–Trinajstić information content (AvgIpc) is 3.58. The number of hydrogen-bond donors (Lipinski definition) is 0. The molecule has 0 aromatic heterocycles. The Hall–Kier alpha value is -8.00. The molecule has 384 valence electrons. The van der Waals surface area contributed by atoms with E-state index in [1.54, 1.807) is 36.4 Å². The smallest absolute Gasteiger partial charge is 0.263 e. The van der Waals surface area contributed by atoms with Gasteiger partial charge in [-0.2, -0.15) is 0 Å². The molecule has 0 atom stereocenters. The van der Waals surface area contributed by atoms with Crippen molar-refractivity contribution in [1.29, 1.82) is 0 Å². The van der Waals surface area contributed by atoms with E-state index in [0.29, 0.717) is 70.6 Å².